The number of aromatic nitrogens is 2. The van der Waals surface area contributed by atoms with E-state index in [1.54, 1.807) is 0 Å². The zero-order valence-electron chi connectivity index (χ0n) is 11.4. The summed E-state index contributed by atoms with van der Waals surface area (Å²) in [5.74, 6) is 0. The van der Waals surface area contributed by atoms with E-state index < -0.39 is 0 Å². The highest BCUT2D eigenvalue weighted by molar-refractivity contribution is 5.23. The van der Waals surface area contributed by atoms with E-state index in [1.807, 2.05) is 18.7 Å². The molecule has 0 aliphatic rings. The Morgan fingerprint density at radius 3 is 2.67 bits per heavy atom. The van der Waals surface area contributed by atoms with Crippen molar-refractivity contribution in [3.63, 3.8) is 0 Å². The molecule has 0 aliphatic carbocycles. The summed E-state index contributed by atoms with van der Waals surface area (Å²) in [4.78, 5) is 4.06. The van der Waals surface area contributed by atoms with Crippen LogP contribution in [-0.4, -0.2) is 15.1 Å². The maximum absolute atomic E-state index is 4.06. The van der Waals surface area contributed by atoms with Crippen LogP contribution in [0.1, 0.15) is 31.9 Å². The summed E-state index contributed by atoms with van der Waals surface area (Å²) in [5, 5.41) is 3.51. The highest BCUT2D eigenvalue weighted by Gasteiger charge is 2.08. The Hall–Kier alpha value is -1.61. The Morgan fingerprint density at radius 2 is 2.00 bits per heavy atom. The number of benzene rings is 1. The Bertz CT molecular complexity index is 481. The average Bonchev–Trinajstić information content (AvgIpc) is 2.79. The molecular formula is C15H21N3. The Labute approximate surface area is 109 Å². The molecule has 96 valence electrons. The number of hydrogen-bond donors (Lipinski definition) is 1. The smallest absolute Gasteiger partial charge is 0.0949 e. The van der Waals surface area contributed by atoms with Crippen LogP contribution in [0.5, 0.6) is 0 Å². The Balaban J connectivity index is 2.01. The van der Waals surface area contributed by atoms with Gasteiger partial charge in [0, 0.05) is 31.0 Å². The minimum atomic E-state index is 0.153. The van der Waals surface area contributed by atoms with E-state index in [-0.39, 0.29) is 5.54 Å². The second-order valence-electron chi connectivity index (χ2n) is 5.66. The maximum atomic E-state index is 4.06. The molecule has 0 atom stereocenters. The van der Waals surface area contributed by atoms with Gasteiger partial charge in [-0.3, -0.25) is 0 Å². The molecule has 1 aromatic heterocycles. The van der Waals surface area contributed by atoms with E-state index in [0.29, 0.717) is 0 Å². The first kappa shape index (κ1) is 12.8. The van der Waals surface area contributed by atoms with Crippen LogP contribution in [0.4, 0.5) is 0 Å². The summed E-state index contributed by atoms with van der Waals surface area (Å²) in [6, 6.07) is 8.68. The molecule has 18 heavy (non-hydrogen) atoms. The molecule has 2 aromatic rings. The van der Waals surface area contributed by atoms with E-state index in [0.717, 1.165) is 13.1 Å². The van der Waals surface area contributed by atoms with Gasteiger partial charge in [0.1, 0.15) is 0 Å². The third kappa shape index (κ3) is 4.00. The first-order valence-corrected chi connectivity index (χ1v) is 6.31. The molecule has 1 N–H and O–H groups in total. The highest BCUT2D eigenvalue weighted by Crippen LogP contribution is 2.09. The molecule has 1 heterocycles. The van der Waals surface area contributed by atoms with Crippen molar-refractivity contribution in [3.8, 4) is 0 Å². The standard InChI is InChI=1S/C15H21N3/c1-15(2,3)17-10-13-5-4-6-14(9-13)11-18-8-7-16-12-18/h4-9,12,17H,10-11H2,1-3H3. The van der Waals surface area contributed by atoms with Gasteiger partial charge >= 0.3 is 0 Å². The van der Waals surface area contributed by atoms with Gasteiger partial charge in [-0.15, -0.1) is 0 Å². The van der Waals surface area contributed by atoms with Crippen molar-refractivity contribution < 1.29 is 0 Å². The first-order chi connectivity index (χ1) is 8.53. The van der Waals surface area contributed by atoms with Crippen LogP contribution < -0.4 is 5.32 Å². The lowest BCUT2D eigenvalue weighted by molar-refractivity contribution is 0.424. The summed E-state index contributed by atoms with van der Waals surface area (Å²) in [7, 11) is 0. The van der Waals surface area contributed by atoms with Gasteiger partial charge in [-0.05, 0) is 31.9 Å². The van der Waals surface area contributed by atoms with E-state index in [4.69, 9.17) is 0 Å². The Morgan fingerprint density at radius 1 is 1.22 bits per heavy atom. The minimum absolute atomic E-state index is 0.153. The molecule has 2 rings (SSSR count). The molecular weight excluding hydrogens is 222 g/mol. The predicted octanol–water partition coefficient (Wildman–Crippen LogP) is 2.82. The molecule has 0 unspecified atom stereocenters. The average molecular weight is 243 g/mol. The summed E-state index contributed by atoms with van der Waals surface area (Å²) in [6.45, 7) is 8.33. The first-order valence-electron chi connectivity index (χ1n) is 6.31. The fraction of sp³-hybridized carbons (Fsp3) is 0.400. The van der Waals surface area contributed by atoms with Crippen LogP contribution in [0, 0.1) is 0 Å². The van der Waals surface area contributed by atoms with E-state index >= 15 is 0 Å². The summed E-state index contributed by atoms with van der Waals surface area (Å²) >= 11 is 0. The number of hydrogen-bond acceptors (Lipinski definition) is 2. The van der Waals surface area contributed by atoms with Gasteiger partial charge in [0.05, 0.1) is 6.33 Å². The molecule has 3 nitrogen and oxygen atoms in total. The largest absolute Gasteiger partial charge is 0.333 e. The number of nitrogens with one attached hydrogen (secondary N) is 1. The molecule has 3 heteroatoms. The van der Waals surface area contributed by atoms with Crippen molar-refractivity contribution >= 4 is 0 Å². The fourth-order valence-corrected chi connectivity index (χ4v) is 1.80. The molecule has 1 aromatic carbocycles. The zero-order chi connectivity index (χ0) is 13.0. The molecule has 0 amide bonds. The molecule has 0 saturated carbocycles. The molecule has 0 saturated heterocycles. The van der Waals surface area contributed by atoms with Crippen molar-refractivity contribution in [2.24, 2.45) is 0 Å². The van der Waals surface area contributed by atoms with E-state index in [1.165, 1.54) is 11.1 Å². The van der Waals surface area contributed by atoms with Gasteiger partial charge in [-0.2, -0.15) is 0 Å². The lowest BCUT2D eigenvalue weighted by Gasteiger charge is -2.20. The summed E-state index contributed by atoms with van der Waals surface area (Å²) in [6.07, 6.45) is 5.64. The normalized spacial score (nSPS) is 11.7. The van der Waals surface area contributed by atoms with Gasteiger partial charge in [-0.1, -0.05) is 24.3 Å². The van der Waals surface area contributed by atoms with Gasteiger partial charge < -0.3 is 9.88 Å². The third-order valence-electron chi connectivity index (χ3n) is 2.74. The van der Waals surface area contributed by atoms with Gasteiger partial charge in [0.25, 0.3) is 0 Å². The molecule has 0 aliphatic heterocycles. The second-order valence-corrected chi connectivity index (χ2v) is 5.66. The van der Waals surface area contributed by atoms with Gasteiger partial charge in [0.15, 0.2) is 0 Å². The predicted molar refractivity (Wildman–Crippen MR) is 74.4 cm³/mol. The lowest BCUT2D eigenvalue weighted by Crippen LogP contribution is -2.35. The number of imidazole rings is 1. The van der Waals surface area contributed by atoms with Crippen molar-refractivity contribution in [2.45, 2.75) is 39.4 Å². The maximum Gasteiger partial charge on any atom is 0.0949 e. The van der Waals surface area contributed by atoms with Crippen LogP contribution >= 0.6 is 0 Å². The van der Waals surface area contributed by atoms with Crippen LogP contribution in [0.3, 0.4) is 0 Å². The van der Waals surface area contributed by atoms with Crippen molar-refractivity contribution in [1.29, 1.82) is 0 Å². The Kier molecular flexibility index (Phi) is 3.82. The van der Waals surface area contributed by atoms with Crippen LogP contribution in [0.2, 0.25) is 0 Å². The van der Waals surface area contributed by atoms with Crippen molar-refractivity contribution in [2.75, 3.05) is 0 Å². The quantitative estimate of drug-likeness (QED) is 0.895. The van der Waals surface area contributed by atoms with Crippen molar-refractivity contribution in [1.82, 2.24) is 14.9 Å². The number of rotatable bonds is 4. The third-order valence-corrected chi connectivity index (χ3v) is 2.74. The van der Waals surface area contributed by atoms with Gasteiger partial charge in [0.2, 0.25) is 0 Å². The van der Waals surface area contributed by atoms with Gasteiger partial charge in [-0.25, -0.2) is 4.98 Å². The van der Waals surface area contributed by atoms with E-state index in [2.05, 4.69) is 59.9 Å². The monoisotopic (exact) mass is 243 g/mol. The SMILES string of the molecule is CC(C)(C)NCc1cccc(Cn2ccnc2)c1. The summed E-state index contributed by atoms with van der Waals surface area (Å²) < 4.78 is 2.08. The topological polar surface area (TPSA) is 29.9 Å². The van der Waals surface area contributed by atoms with Crippen LogP contribution in [0.15, 0.2) is 43.0 Å². The molecule has 0 radical (unpaired) electrons. The van der Waals surface area contributed by atoms with E-state index in [9.17, 15) is 0 Å². The van der Waals surface area contributed by atoms with Crippen LogP contribution in [0.25, 0.3) is 0 Å². The minimum Gasteiger partial charge on any atom is -0.333 e. The van der Waals surface area contributed by atoms with Crippen molar-refractivity contribution in [3.05, 3.63) is 54.1 Å². The molecule has 0 bridgehead atoms. The summed E-state index contributed by atoms with van der Waals surface area (Å²) in [5.41, 5.74) is 2.78. The zero-order valence-corrected chi connectivity index (χ0v) is 11.4. The highest BCUT2D eigenvalue weighted by atomic mass is 15.0. The fourth-order valence-electron chi connectivity index (χ4n) is 1.80. The molecule has 0 fully saturated rings. The second kappa shape index (κ2) is 5.36. The lowest BCUT2D eigenvalue weighted by atomic mass is 10.1. The van der Waals surface area contributed by atoms with Crippen LogP contribution in [-0.2, 0) is 13.1 Å². The molecule has 0 spiro atoms. The number of nitrogens with zero attached hydrogens (tertiary/aromatic N) is 2.